The number of nitrogens with one attached hydrogen (secondary N) is 2. The first-order valence-electron chi connectivity index (χ1n) is 15.7. The lowest BCUT2D eigenvalue weighted by Gasteiger charge is -2.20. The van der Waals surface area contributed by atoms with Gasteiger partial charge in [-0.15, -0.1) is 0 Å². The molecule has 0 aliphatic heterocycles. The smallest absolute Gasteiger partial charge is 0.432 e. The van der Waals surface area contributed by atoms with E-state index < -0.39 is 35.2 Å². The Kier molecular flexibility index (Phi) is 14.8. The quantitative estimate of drug-likeness (QED) is 0.0928. The van der Waals surface area contributed by atoms with Gasteiger partial charge in [-0.05, 0) is 66.7 Å². The molecule has 260 valence electrons. The summed E-state index contributed by atoms with van der Waals surface area (Å²) < 4.78 is 91.2. The van der Waals surface area contributed by atoms with Gasteiger partial charge in [0.05, 0.1) is 36.0 Å². The molecule has 0 saturated carbocycles. The zero-order valence-electron chi connectivity index (χ0n) is 27.2. The molecule has 2 unspecified atom stereocenters. The Balaban J connectivity index is 2.73. The van der Waals surface area contributed by atoms with Gasteiger partial charge in [0, 0.05) is 11.6 Å². The SMILES string of the molecule is CCCCC(CC)COc1ccc(-c2cc(/C(N)=C/C(=N)C(F)(F)F)nc(/C(N)=C/C(=N)C(F)(F)F)c2)c(OCC(CC)CCC)c1. The van der Waals surface area contributed by atoms with Gasteiger partial charge in [0.1, 0.15) is 22.9 Å². The summed E-state index contributed by atoms with van der Waals surface area (Å²) in [6.45, 7) is 9.19. The number of pyridine rings is 1. The van der Waals surface area contributed by atoms with Crippen LogP contribution in [0.25, 0.3) is 22.5 Å². The number of aromatic nitrogens is 1. The van der Waals surface area contributed by atoms with E-state index in [1.807, 2.05) is 6.92 Å². The molecule has 0 radical (unpaired) electrons. The monoisotopic (exact) mass is 669 g/mol. The number of alkyl halides is 6. The Morgan fingerprint density at radius 2 is 1.28 bits per heavy atom. The molecule has 0 bridgehead atoms. The number of halogens is 6. The van der Waals surface area contributed by atoms with Gasteiger partial charge in [0.15, 0.2) is 0 Å². The van der Waals surface area contributed by atoms with Gasteiger partial charge < -0.3 is 20.9 Å². The van der Waals surface area contributed by atoms with Gasteiger partial charge in [-0.1, -0.05) is 59.8 Å². The zero-order valence-corrected chi connectivity index (χ0v) is 27.2. The molecule has 1 heterocycles. The van der Waals surface area contributed by atoms with E-state index in [0.29, 0.717) is 48.3 Å². The second-order valence-corrected chi connectivity index (χ2v) is 11.4. The summed E-state index contributed by atoms with van der Waals surface area (Å²) in [7, 11) is 0. The lowest BCUT2D eigenvalue weighted by molar-refractivity contribution is -0.0592. The van der Waals surface area contributed by atoms with E-state index in [0.717, 1.165) is 44.9 Å². The van der Waals surface area contributed by atoms with Crippen molar-refractivity contribution in [2.24, 2.45) is 23.3 Å². The fraction of sp³-hybridized carbons (Fsp3) is 0.500. The maximum absolute atomic E-state index is 13.1. The van der Waals surface area contributed by atoms with Crippen LogP contribution in [0, 0.1) is 22.7 Å². The number of benzene rings is 1. The topological polar surface area (TPSA) is 131 Å². The minimum Gasteiger partial charge on any atom is -0.493 e. The Labute approximate surface area is 272 Å². The van der Waals surface area contributed by atoms with Crippen molar-refractivity contribution in [3.8, 4) is 22.6 Å². The van der Waals surface area contributed by atoms with Crippen molar-refractivity contribution in [2.75, 3.05) is 13.2 Å². The van der Waals surface area contributed by atoms with Gasteiger partial charge in [-0.25, -0.2) is 4.98 Å². The van der Waals surface area contributed by atoms with E-state index in [1.165, 1.54) is 12.1 Å². The predicted molar refractivity (Wildman–Crippen MR) is 175 cm³/mol. The Morgan fingerprint density at radius 3 is 1.74 bits per heavy atom. The molecule has 13 heteroatoms. The van der Waals surface area contributed by atoms with Crippen LogP contribution in [-0.2, 0) is 0 Å². The average Bonchev–Trinajstić information content (AvgIpc) is 3.01. The summed E-state index contributed by atoms with van der Waals surface area (Å²) >= 11 is 0. The summed E-state index contributed by atoms with van der Waals surface area (Å²) in [5.41, 5.74) is 7.40. The number of ether oxygens (including phenoxy) is 2. The van der Waals surface area contributed by atoms with E-state index in [4.69, 9.17) is 31.8 Å². The van der Waals surface area contributed by atoms with Crippen LogP contribution in [0.5, 0.6) is 11.5 Å². The van der Waals surface area contributed by atoms with Crippen LogP contribution in [0.3, 0.4) is 0 Å². The zero-order chi connectivity index (χ0) is 35.4. The van der Waals surface area contributed by atoms with Crippen LogP contribution >= 0.6 is 0 Å². The van der Waals surface area contributed by atoms with Gasteiger partial charge >= 0.3 is 12.4 Å². The minimum absolute atomic E-state index is 0.235. The summed E-state index contributed by atoms with van der Waals surface area (Å²) in [6, 6.07) is 7.76. The first kappa shape index (κ1) is 39.1. The van der Waals surface area contributed by atoms with E-state index in [-0.39, 0.29) is 22.9 Å². The molecule has 0 aliphatic rings. The third-order valence-corrected chi connectivity index (χ3v) is 7.67. The molecule has 2 atom stereocenters. The molecule has 0 spiro atoms. The Hall–Kier alpha value is -4.03. The van der Waals surface area contributed by atoms with Gasteiger partial charge in [-0.3, -0.25) is 10.8 Å². The van der Waals surface area contributed by atoms with Crippen LogP contribution in [0.15, 0.2) is 42.5 Å². The highest BCUT2D eigenvalue weighted by atomic mass is 19.4. The van der Waals surface area contributed by atoms with E-state index in [9.17, 15) is 26.3 Å². The van der Waals surface area contributed by atoms with Crippen molar-refractivity contribution in [1.82, 2.24) is 4.98 Å². The predicted octanol–water partition coefficient (Wildman–Crippen LogP) is 9.31. The Bertz CT molecular complexity index is 1360. The maximum atomic E-state index is 13.1. The van der Waals surface area contributed by atoms with E-state index in [1.54, 1.807) is 18.2 Å². The summed E-state index contributed by atoms with van der Waals surface area (Å²) in [4.78, 5) is 4.09. The maximum Gasteiger partial charge on any atom is 0.432 e. The minimum atomic E-state index is -5.00. The number of rotatable bonds is 18. The Morgan fingerprint density at radius 1 is 0.766 bits per heavy atom. The number of nitrogens with two attached hydrogens (primary N) is 2. The third kappa shape index (κ3) is 12.3. The molecule has 0 saturated heterocycles. The second kappa shape index (κ2) is 17.8. The standard InChI is InChI=1S/C34H45F6N5O2/c1-5-9-11-22(8-4)19-46-24-12-13-25(30(16-24)47-20-21(7-3)10-6-2)23-14-28(26(41)17-31(43)33(35,36)37)45-29(15-23)27(42)18-32(44)34(38,39)40/h12-18,21-22,43-44H,5-11,19-20,41-42H2,1-4H3/b26-17-,27-18-,43-31?,44-32?. The number of unbranched alkanes of at least 4 members (excludes halogenated alkanes) is 1. The molecule has 0 aliphatic carbocycles. The van der Waals surface area contributed by atoms with Crippen molar-refractivity contribution < 1.29 is 35.8 Å². The molecule has 47 heavy (non-hydrogen) atoms. The van der Waals surface area contributed by atoms with Crippen molar-refractivity contribution in [3.05, 3.63) is 53.9 Å². The molecular formula is C34H45F6N5O2. The highest BCUT2D eigenvalue weighted by Gasteiger charge is 2.34. The lowest BCUT2D eigenvalue weighted by atomic mass is 10.00. The second-order valence-electron chi connectivity index (χ2n) is 11.4. The third-order valence-electron chi connectivity index (χ3n) is 7.67. The first-order chi connectivity index (χ1) is 22.0. The molecular weight excluding hydrogens is 624 g/mol. The molecule has 2 rings (SSSR count). The van der Waals surface area contributed by atoms with E-state index in [2.05, 4.69) is 25.8 Å². The van der Waals surface area contributed by atoms with Crippen molar-refractivity contribution >= 4 is 22.8 Å². The highest BCUT2D eigenvalue weighted by Crippen LogP contribution is 2.36. The van der Waals surface area contributed by atoms with Crippen LogP contribution in [-0.4, -0.2) is 42.0 Å². The molecule has 1 aromatic heterocycles. The van der Waals surface area contributed by atoms with Crippen LogP contribution in [0.1, 0.15) is 84.0 Å². The summed E-state index contributed by atoms with van der Waals surface area (Å²) in [5.74, 6) is 1.50. The van der Waals surface area contributed by atoms with Crippen LogP contribution in [0.2, 0.25) is 0 Å². The average molecular weight is 670 g/mol. The largest absolute Gasteiger partial charge is 0.493 e. The van der Waals surface area contributed by atoms with Gasteiger partial charge in [-0.2, -0.15) is 26.3 Å². The number of nitrogens with zero attached hydrogens (tertiary/aromatic N) is 1. The molecule has 0 amide bonds. The fourth-order valence-corrected chi connectivity index (χ4v) is 4.69. The van der Waals surface area contributed by atoms with E-state index >= 15 is 0 Å². The van der Waals surface area contributed by atoms with Crippen LogP contribution < -0.4 is 20.9 Å². The van der Waals surface area contributed by atoms with Gasteiger partial charge in [0.2, 0.25) is 0 Å². The van der Waals surface area contributed by atoms with Crippen molar-refractivity contribution in [2.45, 2.75) is 85.0 Å². The fourth-order valence-electron chi connectivity index (χ4n) is 4.69. The normalized spacial score (nSPS) is 14.1. The molecule has 1 aromatic carbocycles. The number of hydrogen-bond acceptors (Lipinski definition) is 7. The molecule has 2 aromatic rings. The lowest BCUT2D eigenvalue weighted by Crippen LogP contribution is -2.21. The highest BCUT2D eigenvalue weighted by molar-refractivity contribution is 6.03. The summed E-state index contributed by atoms with van der Waals surface area (Å²) in [6.07, 6.45) is -2.42. The number of hydrogen-bond donors (Lipinski definition) is 4. The van der Waals surface area contributed by atoms with Crippen molar-refractivity contribution in [1.29, 1.82) is 10.8 Å². The van der Waals surface area contributed by atoms with Crippen molar-refractivity contribution in [3.63, 3.8) is 0 Å². The summed E-state index contributed by atoms with van der Waals surface area (Å²) in [5, 5.41) is 14.7. The first-order valence-corrected chi connectivity index (χ1v) is 15.7. The van der Waals surface area contributed by atoms with Gasteiger partial charge in [0.25, 0.3) is 0 Å². The molecule has 6 N–H and O–H groups in total. The molecule has 7 nitrogen and oxygen atoms in total. The van der Waals surface area contributed by atoms with Crippen LogP contribution in [0.4, 0.5) is 26.3 Å². The molecule has 0 fully saturated rings. The number of allylic oxidation sites excluding steroid dienone is 2.